The summed E-state index contributed by atoms with van der Waals surface area (Å²) in [5.74, 6) is 0.129. The molecule has 0 aromatic rings. The molecular weight excluding hydrogens is 200 g/mol. The normalized spacial score (nSPS) is 19.9. The topological polar surface area (TPSA) is 43.4 Å². The first-order valence-corrected chi connectivity index (χ1v) is 6.99. The fourth-order valence-electron chi connectivity index (χ4n) is 1.53. The second-order valence-electron chi connectivity index (χ2n) is 3.95. The Balaban J connectivity index is 2.17. The molecule has 3 nitrogen and oxygen atoms in total. The average molecular weight is 218 g/mol. The van der Waals surface area contributed by atoms with Gasteiger partial charge in [0.15, 0.2) is 0 Å². The van der Waals surface area contributed by atoms with Crippen LogP contribution in [0.5, 0.6) is 0 Å². The molecular formula is C10H18O3S. The summed E-state index contributed by atoms with van der Waals surface area (Å²) in [5, 5.41) is 0. The number of allylic oxidation sites excluding steroid dienone is 1. The van der Waals surface area contributed by atoms with E-state index >= 15 is 0 Å². The van der Waals surface area contributed by atoms with Crippen molar-refractivity contribution in [2.45, 2.75) is 31.8 Å². The molecule has 82 valence electrons. The van der Waals surface area contributed by atoms with Crippen LogP contribution in [0.3, 0.4) is 0 Å². The Bertz CT molecular complexity index is 282. The highest BCUT2D eigenvalue weighted by Gasteiger charge is 2.16. The van der Waals surface area contributed by atoms with Crippen LogP contribution < -0.4 is 0 Å². The van der Waals surface area contributed by atoms with E-state index in [9.17, 15) is 8.42 Å². The number of rotatable bonds is 4. The molecule has 1 rings (SSSR count). The smallest absolute Gasteiger partial charge is 0.149 e. The van der Waals surface area contributed by atoms with Gasteiger partial charge in [0.2, 0.25) is 0 Å². The molecule has 0 radical (unpaired) electrons. The molecule has 14 heavy (non-hydrogen) atoms. The Morgan fingerprint density at radius 3 is 2.50 bits per heavy atom. The van der Waals surface area contributed by atoms with Crippen LogP contribution in [0, 0.1) is 0 Å². The molecule has 0 aliphatic heterocycles. The van der Waals surface area contributed by atoms with Gasteiger partial charge in [-0.25, -0.2) is 8.42 Å². The lowest BCUT2D eigenvalue weighted by Gasteiger charge is -2.23. The zero-order valence-corrected chi connectivity index (χ0v) is 9.48. The zero-order valence-electron chi connectivity index (χ0n) is 8.66. The van der Waals surface area contributed by atoms with Crippen molar-refractivity contribution in [3.63, 3.8) is 0 Å². The van der Waals surface area contributed by atoms with E-state index < -0.39 is 9.84 Å². The van der Waals surface area contributed by atoms with Crippen LogP contribution in [0.2, 0.25) is 0 Å². The van der Waals surface area contributed by atoms with Gasteiger partial charge in [-0.3, -0.25) is 0 Å². The van der Waals surface area contributed by atoms with E-state index in [1.165, 1.54) is 11.8 Å². The molecule has 0 spiro atoms. The van der Waals surface area contributed by atoms with Crippen molar-refractivity contribution in [1.29, 1.82) is 0 Å². The average Bonchev–Trinajstić information content (AvgIpc) is 2.06. The van der Waals surface area contributed by atoms with Crippen molar-refractivity contribution in [2.24, 2.45) is 0 Å². The summed E-state index contributed by atoms with van der Waals surface area (Å²) in [6, 6.07) is 0. The van der Waals surface area contributed by atoms with E-state index in [-0.39, 0.29) is 11.9 Å². The molecule has 1 fully saturated rings. The van der Waals surface area contributed by atoms with Crippen LogP contribution in [-0.2, 0) is 14.6 Å². The predicted molar refractivity (Wildman–Crippen MR) is 57.1 cm³/mol. The highest BCUT2D eigenvalue weighted by Crippen LogP contribution is 2.23. The number of sulfone groups is 1. The third kappa shape index (κ3) is 4.77. The second-order valence-corrected chi connectivity index (χ2v) is 6.21. The van der Waals surface area contributed by atoms with Crippen molar-refractivity contribution in [3.8, 4) is 0 Å². The van der Waals surface area contributed by atoms with Crippen LogP contribution in [0.1, 0.15) is 25.7 Å². The number of hydrogen-bond donors (Lipinski definition) is 0. The highest BCUT2D eigenvalue weighted by atomic mass is 32.2. The first-order chi connectivity index (χ1) is 6.47. The molecule has 1 aliphatic rings. The molecule has 1 saturated carbocycles. The van der Waals surface area contributed by atoms with Crippen LogP contribution in [-0.4, -0.2) is 33.1 Å². The minimum atomic E-state index is -2.88. The lowest BCUT2D eigenvalue weighted by Crippen LogP contribution is -2.21. The fourth-order valence-corrected chi connectivity index (χ4v) is 1.93. The van der Waals surface area contributed by atoms with Gasteiger partial charge in [0.25, 0.3) is 0 Å². The largest absolute Gasteiger partial charge is 0.377 e. The summed E-state index contributed by atoms with van der Waals surface area (Å²) < 4.78 is 27.1. The summed E-state index contributed by atoms with van der Waals surface area (Å²) in [6.45, 7) is 4.25. The zero-order chi connectivity index (χ0) is 10.6. The van der Waals surface area contributed by atoms with Gasteiger partial charge in [-0.1, -0.05) is 12.2 Å². The molecule has 0 unspecified atom stereocenters. The van der Waals surface area contributed by atoms with E-state index in [2.05, 4.69) is 6.58 Å². The molecule has 0 bridgehead atoms. The molecule has 0 amide bonds. The SMILES string of the molecule is C=C1CCC(OCCS(C)(=O)=O)CC1. The quantitative estimate of drug-likeness (QED) is 0.672. The predicted octanol–water partition coefficient (Wildman–Crippen LogP) is 1.55. The maximum absolute atomic E-state index is 10.8. The fraction of sp³-hybridized carbons (Fsp3) is 0.800. The first kappa shape index (κ1) is 11.7. The van der Waals surface area contributed by atoms with Gasteiger partial charge in [-0.2, -0.15) is 0 Å². The van der Waals surface area contributed by atoms with Crippen molar-refractivity contribution < 1.29 is 13.2 Å². The summed E-state index contributed by atoms with van der Waals surface area (Å²) in [5.41, 5.74) is 1.29. The third-order valence-electron chi connectivity index (χ3n) is 2.45. The third-order valence-corrected chi connectivity index (χ3v) is 3.36. The molecule has 1 aliphatic carbocycles. The van der Waals surface area contributed by atoms with Crippen molar-refractivity contribution >= 4 is 9.84 Å². The molecule has 0 N–H and O–H groups in total. The molecule has 0 atom stereocenters. The van der Waals surface area contributed by atoms with E-state index in [4.69, 9.17) is 4.74 Å². The minimum absolute atomic E-state index is 0.129. The van der Waals surface area contributed by atoms with Gasteiger partial charge in [0.05, 0.1) is 18.5 Å². The Morgan fingerprint density at radius 1 is 1.43 bits per heavy atom. The summed E-state index contributed by atoms with van der Waals surface area (Å²) >= 11 is 0. The van der Waals surface area contributed by atoms with E-state index in [1.54, 1.807) is 0 Å². The van der Waals surface area contributed by atoms with Crippen molar-refractivity contribution in [1.82, 2.24) is 0 Å². The maximum atomic E-state index is 10.8. The molecule has 0 aromatic heterocycles. The van der Waals surface area contributed by atoms with Crippen molar-refractivity contribution in [3.05, 3.63) is 12.2 Å². The van der Waals surface area contributed by atoms with Gasteiger partial charge in [0.1, 0.15) is 9.84 Å². The molecule has 4 heteroatoms. The van der Waals surface area contributed by atoms with Gasteiger partial charge >= 0.3 is 0 Å². The van der Waals surface area contributed by atoms with Gasteiger partial charge in [-0.15, -0.1) is 0 Å². The molecule has 0 saturated heterocycles. The Hall–Kier alpha value is -0.350. The lowest BCUT2D eigenvalue weighted by molar-refractivity contribution is 0.0456. The number of hydrogen-bond acceptors (Lipinski definition) is 3. The number of ether oxygens (including phenoxy) is 1. The van der Waals surface area contributed by atoms with Gasteiger partial charge < -0.3 is 4.74 Å². The minimum Gasteiger partial charge on any atom is -0.377 e. The van der Waals surface area contributed by atoms with Crippen LogP contribution in [0.15, 0.2) is 12.2 Å². The van der Waals surface area contributed by atoms with Crippen LogP contribution >= 0.6 is 0 Å². The first-order valence-electron chi connectivity index (χ1n) is 4.93. The highest BCUT2D eigenvalue weighted by molar-refractivity contribution is 7.90. The Morgan fingerprint density at radius 2 is 2.00 bits per heavy atom. The Labute approximate surface area is 86.1 Å². The Kier molecular flexibility index (Phi) is 4.13. The van der Waals surface area contributed by atoms with Gasteiger partial charge in [0, 0.05) is 6.26 Å². The lowest BCUT2D eigenvalue weighted by atomic mass is 9.94. The second kappa shape index (κ2) is 4.94. The summed E-state index contributed by atoms with van der Waals surface area (Å²) in [6.07, 6.45) is 5.49. The van der Waals surface area contributed by atoms with E-state index in [1.807, 2.05) is 0 Å². The summed E-state index contributed by atoms with van der Waals surface area (Å²) in [4.78, 5) is 0. The van der Waals surface area contributed by atoms with Gasteiger partial charge in [-0.05, 0) is 25.7 Å². The standard InChI is InChI=1S/C10H18O3S/c1-9-3-5-10(6-4-9)13-7-8-14(2,11)12/h10H,1,3-8H2,2H3. The van der Waals surface area contributed by atoms with E-state index in [0.717, 1.165) is 25.7 Å². The summed E-state index contributed by atoms with van der Waals surface area (Å²) in [7, 11) is -2.88. The molecule has 0 aromatic carbocycles. The van der Waals surface area contributed by atoms with Crippen LogP contribution in [0.25, 0.3) is 0 Å². The monoisotopic (exact) mass is 218 g/mol. The molecule has 0 heterocycles. The van der Waals surface area contributed by atoms with Crippen LogP contribution in [0.4, 0.5) is 0 Å². The van der Waals surface area contributed by atoms with Crippen molar-refractivity contribution in [2.75, 3.05) is 18.6 Å². The van der Waals surface area contributed by atoms with E-state index in [0.29, 0.717) is 6.61 Å². The maximum Gasteiger partial charge on any atom is 0.149 e.